The van der Waals surface area contributed by atoms with Gasteiger partial charge in [0.25, 0.3) is 5.91 Å². The van der Waals surface area contributed by atoms with Crippen LogP contribution in [0.1, 0.15) is 85.7 Å². The molecule has 1 unspecified atom stereocenters. The number of nitrogens with zero attached hydrogens (tertiary/aromatic N) is 1. The Kier molecular flexibility index (Phi) is 7.07. The minimum absolute atomic E-state index is 0.0379. The summed E-state index contributed by atoms with van der Waals surface area (Å²) in [6.07, 6.45) is 12.2. The smallest absolute Gasteiger partial charge is 0.255 e. The van der Waals surface area contributed by atoms with Crippen LogP contribution in [0.4, 0.5) is 0 Å². The molecule has 1 aromatic carbocycles. The monoisotopic (exact) mass is 465 g/mol. The Morgan fingerprint density at radius 1 is 1.09 bits per heavy atom. The number of aliphatic hydroxyl groups excluding tert-OH is 1. The average Bonchev–Trinajstić information content (AvgIpc) is 3.16. The first-order valence-electron chi connectivity index (χ1n) is 13.3. The molecule has 1 aromatic rings. The number of hydrogen-bond donors (Lipinski definition) is 3. The predicted molar refractivity (Wildman–Crippen MR) is 132 cm³/mol. The van der Waals surface area contributed by atoms with Gasteiger partial charge in [0.05, 0.1) is 0 Å². The lowest BCUT2D eigenvalue weighted by molar-refractivity contribution is -0.126. The van der Waals surface area contributed by atoms with E-state index in [4.69, 9.17) is 0 Å². The number of carbonyl (C=O) groups excluding carboxylic acids is 2. The molecule has 2 saturated carbocycles. The van der Waals surface area contributed by atoms with Crippen molar-refractivity contribution in [1.82, 2.24) is 15.5 Å². The molecule has 2 aliphatic carbocycles. The van der Waals surface area contributed by atoms with Crippen LogP contribution in [-0.4, -0.2) is 46.6 Å². The summed E-state index contributed by atoms with van der Waals surface area (Å²) in [4.78, 5) is 27.3. The van der Waals surface area contributed by atoms with Gasteiger partial charge in [-0.15, -0.1) is 0 Å². The van der Waals surface area contributed by atoms with Gasteiger partial charge in [-0.05, 0) is 80.4 Å². The van der Waals surface area contributed by atoms with Gasteiger partial charge >= 0.3 is 0 Å². The van der Waals surface area contributed by atoms with Gasteiger partial charge in [-0.3, -0.25) is 9.59 Å². The van der Waals surface area contributed by atoms with E-state index in [1.165, 1.54) is 37.7 Å². The second-order valence-electron chi connectivity index (χ2n) is 11.0. The van der Waals surface area contributed by atoms with Crippen molar-refractivity contribution >= 4 is 11.8 Å². The first-order valence-corrected chi connectivity index (χ1v) is 13.3. The molecule has 2 aliphatic heterocycles. The lowest BCUT2D eigenvalue weighted by Crippen LogP contribution is -2.49. The predicted octanol–water partition coefficient (Wildman–Crippen LogP) is 3.68. The minimum atomic E-state index is -0.415. The Morgan fingerprint density at radius 2 is 1.91 bits per heavy atom. The molecule has 2 amide bonds. The summed E-state index contributed by atoms with van der Waals surface area (Å²) in [5.74, 6) is 0.727. The molecular weight excluding hydrogens is 426 g/mol. The minimum Gasteiger partial charge on any atom is -0.396 e. The summed E-state index contributed by atoms with van der Waals surface area (Å²) < 4.78 is 0. The van der Waals surface area contributed by atoms with Crippen molar-refractivity contribution in [3.63, 3.8) is 0 Å². The Labute approximate surface area is 203 Å². The Bertz CT molecular complexity index is 939. The van der Waals surface area contributed by atoms with Crippen molar-refractivity contribution in [2.45, 2.75) is 95.3 Å². The van der Waals surface area contributed by atoms with E-state index in [2.05, 4.69) is 29.3 Å². The van der Waals surface area contributed by atoms with Crippen LogP contribution < -0.4 is 10.6 Å². The van der Waals surface area contributed by atoms with Gasteiger partial charge in [0.2, 0.25) is 5.91 Å². The highest BCUT2D eigenvalue weighted by Crippen LogP contribution is 2.35. The van der Waals surface area contributed by atoms with Crippen molar-refractivity contribution in [3.05, 3.63) is 47.2 Å². The summed E-state index contributed by atoms with van der Waals surface area (Å²) in [6, 6.07) is 6.97. The molecule has 5 rings (SSSR count). The van der Waals surface area contributed by atoms with Gasteiger partial charge in [-0.25, -0.2) is 0 Å². The summed E-state index contributed by atoms with van der Waals surface area (Å²) >= 11 is 0. The third-order valence-corrected chi connectivity index (χ3v) is 8.60. The third-order valence-electron chi connectivity index (χ3n) is 8.60. The molecule has 0 spiro atoms. The largest absolute Gasteiger partial charge is 0.396 e. The zero-order valence-electron chi connectivity index (χ0n) is 20.2. The van der Waals surface area contributed by atoms with Crippen LogP contribution in [0.3, 0.4) is 0 Å². The number of piperidine rings is 1. The van der Waals surface area contributed by atoms with Crippen LogP contribution in [0.2, 0.25) is 0 Å². The SMILES string of the molecule is C=C1CCC(N2Cc3cc(C[C@H]4C[C@@H](CO)CC[C@@H]4NC4CCCCC4)ccc3C2=O)C(=O)N1. The molecule has 0 bridgehead atoms. The summed E-state index contributed by atoms with van der Waals surface area (Å²) in [6.45, 7) is 4.62. The highest BCUT2D eigenvalue weighted by Gasteiger charge is 2.38. The molecule has 6 nitrogen and oxygen atoms in total. The first-order chi connectivity index (χ1) is 16.5. The Morgan fingerprint density at radius 3 is 2.68 bits per heavy atom. The van der Waals surface area contributed by atoms with E-state index >= 15 is 0 Å². The fourth-order valence-corrected chi connectivity index (χ4v) is 6.68. The van der Waals surface area contributed by atoms with Gasteiger partial charge in [0.1, 0.15) is 6.04 Å². The molecule has 3 fully saturated rings. The lowest BCUT2D eigenvalue weighted by atomic mass is 9.75. The number of aliphatic hydroxyl groups is 1. The quantitative estimate of drug-likeness (QED) is 0.599. The maximum atomic E-state index is 13.1. The lowest BCUT2D eigenvalue weighted by Gasteiger charge is -2.39. The number of rotatable bonds is 6. The normalized spacial score (nSPS) is 30.4. The number of amides is 2. The van der Waals surface area contributed by atoms with Gasteiger partial charge in [0, 0.05) is 36.5 Å². The molecule has 1 saturated heterocycles. The zero-order valence-corrected chi connectivity index (χ0v) is 20.2. The van der Waals surface area contributed by atoms with Gasteiger partial charge in [-0.2, -0.15) is 0 Å². The van der Waals surface area contributed by atoms with Crippen LogP contribution in [0.15, 0.2) is 30.5 Å². The molecule has 34 heavy (non-hydrogen) atoms. The second kappa shape index (κ2) is 10.2. The molecule has 4 atom stereocenters. The molecule has 0 aromatic heterocycles. The van der Waals surface area contributed by atoms with Crippen molar-refractivity contribution < 1.29 is 14.7 Å². The number of carbonyl (C=O) groups is 2. The van der Waals surface area contributed by atoms with Crippen molar-refractivity contribution in [3.8, 4) is 0 Å². The van der Waals surface area contributed by atoms with Crippen LogP contribution in [-0.2, 0) is 17.8 Å². The maximum Gasteiger partial charge on any atom is 0.255 e. The number of nitrogens with one attached hydrogen (secondary N) is 2. The van der Waals surface area contributed by atoms with E-state index in [9.17, 15) is 14.7 Å². The molecule has 0 radical (unpaired) electrons. The summed E-state index contributed by atoms with van der Waals surface area (Å²) in [5.41, 5.74) is 3.76. The highest BCUT2D eigenvalue weighted by molar-refractivity contribution is 6.01. The van der Waals surface area contributed by atoms with E-state index in [-0.39, 0.29) is 18.4 Å². The van der Waals surface area contributed by atoms with Crippen LogP contribution >= 0.6 is 0 Å². The molecule has 3 N–H and O–H groups in total. The van der Waals surface area contributed by atoms with Gasteiger partial charge in [0.15, 0.2) is 0 Å². The maximum absolute atomic E-state index is 13.1. The van der Waals surface area contributed by atoms with Crippen LogP contribution in [0, 0.1) is 11.8 Å². The van der Waals surface area contributed by atoms with E-state index in [0.717, 1.165) is 42.5 Å². The molecule has 2 heterocycles. The third kappa shape index (κ3) is 4.94. The number of allylic oxidation sites excluding steroid dienone is 1. The highest BCUT2D eigenvalue weighted by atomic mass is 16.3. The van der Waals surface area contributed by atoms with E-state index in [1.54, 1.807) is 4.90 Å². The number of benzene rings is 1. The first kappa shape index (κ1) is 23.6. The molecule has 4 aliphatic rings. The van der Waals surface area contributed by atoms with E-state index in [1.807, 2.05) is 6.07 Å². The Balaban J connectivity index is 1.28. The molecule has 6 heteroatoms. The van der Waals surface area contributed by atoms with E-state index in [0.29, 0.717) is 43.3 Å². The van der Waals surface area contributed by atoms with Gasteiger partial charge < -0.3 is 20.6 Å². The van der Waals surface area contributed by atoms with E-state index < -0.39 is 6.04 Å². The fourth-order valence-electron chi connectivity index (χ4n) is 6.68. The molecule has 184 valence electrons. The van der Waals surface area contributed by atoms with Crippen molar-refractivity contribution in [1.29, 1.82) is 0 Å². The second-order valence-corrected chi connectivity index (χ2v) is 11.0. The Hall–Kier alpha value is -2.18. The van der Waals surface area contributed by atoms with Crippen molar-refractivity contribution in [2.75, 3.05) is 6.61 Å². The summed E-state index contributed by atoms with van der Waals surface area (Å²) in [5, 5.41) is 16.6. The van der Waals surface area contributed by atoms with Gasteiger partial charge in [-0.1, -0.05) is 38.0 Å². The van der Waals surface area contributed by atoms with Crippen LogP contribution in [0.25, 0.3) is 0 Å². The van der Waals surface area contributed by atoms with Crippen LogP contribution in [0.5, 0.6) is 0 Å². The topological polar surface area (TPSA) is 81.7 Å². The van der Waals surface area contributed by atoms with Crippen molar-refractivity contribution in [2.24, 2.45) is 11.8 Å². The average molecular weight is 466 g/mol. The number of fused-ring (bicyclic) bond motifs is 1. The standard InChI is InChI=1S/C28H39N3O3/c1-18-7-12-26(27(33)29-18)31-16-22-14-19(8-10-24(22)28(31)34)13-21-15-20(17-32)9-11-25(21)30-23-5-3-2-4-6-23/h8,10,14,20-21,23,25-26,30,32H,1-7,9,11-13,15-17H2,(H,29,33)/t20-,21-,25-,26?/m0/s1. The zero-order chi connectivity index (χ0) is 23.7. The summed E-state index contributed by atoms with van der Waals surface area (Å²) in [7, 11) is 0. The number of hydrogen-bond acceptors (Lipinski definition) is 4. The fraction of sp³-hybridized carbons (Fsp3) is 0.643. The molecular formula is C28H39N3O3.